The number of hydrogen-bond donors (Lipinski definition) is 1. The number of hydrogen-bond acceptors (Lipinski definition) is 4. The van der Waals surface area contributed by atoms with Crippen molar-refractivity contribution in [2.45, 2.75) is 45.6 Å². The molecule has 0 bridgehead atoms. The summed E-state index contributed by atoms with van der Waals surface area (Å²) in [6.07, 6.45) is 4.20. The van der Waals surface area contributed by atoms with Gasteiger partial charge in [-0.1, -0.05) is 0 Å². The quantitative estimate of drug-likeness (QED) is 0.940. The second-order valence-electron chi connectivity index (χ2n) is 5.15. The molecule has 106 valence electrons. The number of aryl methyl sites for hydroxylation is 3. The predicted molar refractivity (Wildman–Crippen MR) is 77.5 cm³/mol. The van der Waals surface area contributed by atoms with Gasteiger partial charge in [0, 0.05) is 11.4 Å². The van der Waals surface area contributed by atoms with E-state index in [0.29, 0.717) is 5.82 Å². The Kier molecular flexibility index (Phi) is 3.33. The highest BCUT2D eigenvalue weighted by molar-refractivity contribution is 7.18. The van der Waals surface area contributed by atoms with Crippen LogP contribution in [0.25, 0.3) is 10.2 Å². The van der Waals surface area contributed by atoms with Crippen LogP contribution < -0.4 is 5.56 Å². The number of carboxylic acids is 1. The zero-order chi connectivity index (χ0) is 14.3. The van der Waals surface area contributed by atoms with Gasteiger partial charge in [0.05, 0.1) is 11.8 Å². The number of carbonyl (C=O) groups is 1. The van der Waals surface area contributed by atoms with E-state index in [-0.39, 0.29) is 18.5 Å². The van der Waals surface area contributed by atoms with Crippen molar-refractivity contribution >= 4 is 27.5 Å². The van der Waals surface area contributed by atoms with Crippen LogP contribution in [-0.2, 0) is 24.2 Å². The Labute approximate surface area is 119 Å². The molecule has 0 radical (unpaired) electrons. The molecule has 1 aliphatic carbocycles. The standard InChI is InChI=1S/C14H16N2O3S/c1-8-15-13-12(9-4-2-3-5-10(9)20-13)14(19)16(8)7-6-11(17)18/h2-7H2,1H3,(H,17,18). The lowest BCUT2D eigenvalue weighted by molar-refractivity contribution is -0.137. The van der Waals surface area contributed by atoms with Gasteiger partial charge in [-0.3, -0.25) is 14.2 Å². The molecule has 0 aromatic carbocycles. The van der Waals surface area contributed by atoms with Gasteiger partial charge in [-0.2, -0.15) is 0 Å². The maximum Gasteiger partial charge on any atom is 0.305 e. The van der Waals surface area contributed by atoms with Crippen molar-refractivity contribution < 1.29 is 9.90 Å². The van der Waals surface area contributed by atoms with Gasteiger partial charge >= 0.3 is 5.97 Å². The van der Waals surface area contributed by atoms with Crippen molar-refractivity contribution in [2.24, 2.45) is 0 Å². The average Bonchev–Trinajstić information content (AvgIpc) is 2.75. The predicted octanol–water partition coefficient (Wildman–Crippen LogP) is 2.12. The number of aromatic nitrogens is 2. The summed E-state index contributed by atoms with van der Waals surface area (Å²) in [6, 6.07) is 0. The molecule has 0 unspecified atom stereocenters. The molecule has 2 aromatic heterocycles. The molecule has 1 N–H and O–H groups in total. The minimum absolute atomic E-state index is 0.0553. The van der Waals surface area contributed by atoms with E-state index in [2.05, 4.69) is 4.98 Å². The van der Waals surface area contributed by atoms with Gasteiger partial charge in [-0.15, -0.1) is 11.3 Å². The van der Waals surface area contributed by atoms with Gasteiger partial charge in [0.15, 0.2) is 0 Å². The molecule has 0 amide bonds. The molecule has 2 aromatic rings. The fourth-order valence-corrected chi connectivity index (χ4v) is 4.11. The van der Waals surface area contributed by atoms with Crippen molar-refractivity contribution in [1.29, 1.82) is 0 Å². The minimum atomic E-state index is -0.899. The maximum atomic E-state index is 12.6. The molecule has 20 heavy (non-hydrogen) atoms. The Morgan fingerprint density at radius 1 is 1.40 bits per heavy atom. The van der Waals surface area contributed by atoms with E-state index in [1.807, 2.05) is 0 Å². The molecule has 0 aliphatic heterocycles. The summed E-state index contributed by atoms with van der Waals surface area (Å²) in [5, 5.41) is 9.51. The van der Waals surface area contributed by atoms with Crippen LogP contribution in [-0.4, -0.2) is 20.6 Å². The summed E-state index contributed by atoms with van der Waals surface area (Å²) in [4.78, 5) is 29.9. The molecule has 0 spiro atoms. The molecule has 5 nitrogen and oxygen atoms in total. The molecule has 0 saturated heterocycles. The van der Waals surface area contributed by atoms with E-state index in [1.165, 1.54) is 15.9 Å². The molecular formula is C14H16N2O3S. The van der Waals surface area contributed by atoms with Crippen LogP contribution >= 0.6 is 11.3 Å². The highest BCUT2D eigenvalue weighted by Gasteiger charge is 2.21. The molecule has 1 aliphatic rings. The normalized spacial score (nSPS) is 14.4. The van der Waals surface area contributed by atoms with Crippen LogP contribution in [0.15, 0.2) is 4.79 Å². The Morgan fingerprint density at radius 3 is 2.90 bits per heavy atom. The molecule has 0 atom stereocenters. The molecule has 2 heterocycles. The number of nitrogens with zero attached hydrogens (tertiary/aromatic N) is 2. The van der Waals surface area contributed by atoms with Gasteiger partial charge in [-0.25, -0.2) is 4.98 Å². The summed E-state index contributed by atoms with van der Waals surface area (Å²) in [5.41, 5.74) is 1.07. The number of fused-ring (bicyclic) bond motifs is 3. The lowest BCUT2D eigenvalue weighted by Gasteiger charge is -2.11. The first-order valence-corrected chi connectivity index (χ1v) is 7.63. The van der Waals surface area contributed by atoms with Crippen LogP contribution in [0.1, 0.15) is 35.5 Å². The first-order valence-electron chi connectivity index (χ1n) is 6.81. The van der Waals surface area contributed by atoms with Crippen LogP contribution in [0.5, 0.6) is 0 Å². The number of carboxylic acid groups (broad SMARTS) is 1. The monoisotopic (exact) mass is 292 g/mol. The van der Waals surface area contributed by atoms with Crippen molar-refractivity contribution in [1.82, 2.24) is 9.55 Å². The van der Waals surface area contributed by atoms with Crippen molar-refractivity contribution in [3.63, 3.8) is 0 Å². The SMILES string of the molecule is Cc1nc2sc3c(c2c(=O)n1CCC(=O)O)CCCC3. The fourth-order valence-electron chi connectivity index (χ4n) is 2.81. The van der Waals surface area contributed by atoms with E-state index in [1.54, 1.807) is 18.3 Å². The van der Waals surface area contributed by atoms with Crippen LogP contribution in [0.4, 0.5) is 0 Å². The zero-order valence-corrected chi connectivity index (χ0v) is 12.1. The van der Waals surface area contributed by atoms with E-state index in [4.69, 9.17) is 5.11 Å². The Bertz CT molecular complexity index is 745. The van der Waals surface area contributed by atoms with Crippen LogP contribution in [0.3, 0.4) is 0 Å². The van der Waals surface area contributed by atoms with Gasteiger partial charge in [0.25, 0.3) is 5.56 Å². The first-order chi connectivity index (χ1) is 9.58. The van der Waals surface area contributed by atoms with E-state index < -0.39 is 5.97 Å². The molecular weight excluding hydrogens is 276 g/mol. The van der Waals surface area contributed by atoms with E-state index >= 15 is 0 Å². The van der Waals surface area contributed by atoms with Crippen molar-refractivity contribution in [3.8, 4) is 0 Å². The largest absolute Gasteiger partial charge is 0.481 e. The minimum Gasteiger partial charge on any atom is -0.481 e. The third-order valence-corrected chi connectivity index (χ3v) is 5.00. The van der Waals surface area contributed by atoms with E-state index in [9.17, 15) is 9.59 Å². The zero-order valence-electron chi connectivity index (χ0n) is 11.3. The van der Waals surface area contributed by atoms with Gasteiger partial charge in [0.1, 0.15) is 10.7 Å². The number of aliphatic carboxylic acids is 1. The second-order valence-corrected chi connectivity index (χ2v) is 6.23. The van der Waals surface area contributed by atoms with Crippen LogP contribution in [0, 0.1) is 6.92 Å². The topological polar surface area (TPSA) is 72.2 Å². The Morgan fingerprint density at radius 2 is 2.15 bits per heavy atom. The third-order valence-electron chi connectivity index (χ3n) is 3.81. The van der Waals surface area contributed by atoms with Gasteiger partial charge in [-0.05, 0) is 38.2 Å². The van der Waals surface area contributed by atoms with Gasteiger partial charge < -0.3 is 5.11 Å². The highest BCUT2D eigenvalue weighted by Crippen LogP contribution is 2.33. The molecule has 0 saturated carbocycles. The summed E-state index contributed by atoms with van der Waals surface area (Å²) >= 11 is 1.62. The summed E-state index contributed by atoms with van der Waals surface area (Å²) < 4.78 is 1.50. The molecule has 3 rings (SSSR count). The van der Waals surface area contributed by atoms with Crippen molar-refractivity contribution in [3.05, 3.63) is 26.6 Å². The lowest BCUT2D eigenvalue weighted by Crippen LogP contribution is -2.25. The summed E-state index contributed by atoms with van der Waals surface area (Å²) in [6.45, 7) is 1.95. The van der Waals surface area contributed by atoms with E-state index in [0.717, 1.165) is 35.0 Å². The van der Waals surface area contributed by atoms with Crippen molar-refractivity contribution in [2.75, 3.05) is 0 Å². The molecule has 0 fully saturated rings. The first kappa shape index (κ1) is 13.3. The second kappa shape index (κ2) is 5.01. The van der Waals surface area contributed by atoms with Gasteiger partial charge in [0.2, 0.25) is 0 Å². The summed E-state index contributed by atoms with van der Waals surface area (Å²) in [7, 11) is 0. The average molecular weight is 292 g/mol. The number of thiophene rings is 1. The maximum absolute atomic E-state index is 12.6. The Hall–Kier alpha value is -1.69. The smallest absolute Gasteiger partial charge is 0.305 e. The van der Waals surface area contributed by atoms with Crippen LogP contribution in [0.2, 0.25) is 0 Å². The number of rotatable bonds is 3. The lowest BCUT2D eigenvalue weighted by atomic mass is 9.97. The summed E-state index contributed by atoms with van der Waals surface area (Å²) in [5.74, 6) is -0.300. The molecule has 6 heteroatoms. The Balaban J connectivity index is 2.17. The highest BCUT2D eigenvalue weighted by atomic mass is 32.1. The fraction of sp³-hybridized carbons (Fsp3) is 0.500. The third kappa shape index (κ3) is 2.14.